The summed E-state index contributed by atoms with van der Waals surface area (Å²) in [6.45, 7) is 0. The van der Waals surface area contributed by atoms with Crippen LogP contribution in [-0.2, 0) is 0 Å². The van der Waals surface area contributed by atoms with Crippen molar-refractivity contribution in [3.05, 3.63) is 158 Å². The molecule has 0 aliphatic heterocycles. The third-order valence-electron chi connectivity index (χ3n) is 8.00. The third kappa shape index (κ3) is 4.00. The van der Waals surface area contributed by atoms with Gasteiger partial charge in [0.1, 0.15) is 0 Å². The van der Waals surface area contributed by atoms with Gasteiger partial charge >= 0.3 is 0 Å². The van der Waals surface area contributed by atoms with E-state index in [0.29, 0.717) is 0 Å². The van der Waals surface area contributed by atoms with Crippen LogP contribution >= 0.6 is 0 Å². The van der Waals surface area contributed by atoms with Crippen LogP contribution in [0.3, 0.4) is 0 Å². The van der Waals surface area contributed by atoms with Crippen LogP contribution in [0.2, 0.25) is 0 Å². The summed E-state index contributed by atoms with van der Waals surface area (Å²) in [6.07, 6.45) is 0. The largest absolute Gasteiger partial charge is 0.309 e. The fourth-order valence-corrected chi connectivity index (χ4v) is 6.02. The van der Waals surface area contributed by atoms with Crippen LogP contribution in [0.15, 0.2) is 158 Å². The van der Waals surface area contributed by atoms with Crippen LogP contribution in [0.1, 0.15) is 0 Å². The van der Waals surface area contributed by atoms with Crippen molar-refractivity contribution in [2.75, 3.05) is 0 Å². The molecule has 0 radical (unpaired) electrons. The van der Waals surface area contributed by atoms with E-state index in [4.69, 9.17) is 4.98 Å². The van der Waals surface area contributed by atoms with Crippen molar-refractivity contribution in [3.63, 3.8) is 0 Å². The van der Waals surface area contributed by atoms with Gasteiger partial charge in [-0.3, -0.25) is 0 Å². The van der Waals surface area contributed by atoms with Gasteiger partial charge in [0.05, 0.1) is 22.2 Å². The maximum Gasteiger partial charge on any atom is 0.0716 e. The van der Waals surface area contributed by atoms with Crippen LogP contribution in [-0.4, -0.2) is 9.55 Å². The van der Waals surface area contributed by atoms with E-state index < -0.39 is 0 Å². The number of rotatable bonds is 4. The molecule has 6 aromatic carbocycles. The van der Waals surface area contributed by atoms with Crippen molar-refractivity contribution in [1.29, 1.82) is 0 Å². The van der Waals surface area contributed by atoms with Gasteiger partial charge < -0.3 is 4.57 Å². The third-order valence-corrected chi connectivity index (χ3v) is 8.00. The number of pyridine rings is 1. The van der Waals surface area contributed by atoms with Crippen molar-refractivity contribution >= 4 is 32.7 Å². The van der Waals surface area contributed by atoms with Gasteiger partial charge in [0.2, 0.25) is 0 Å². The molecule has 0 saturated carbocycles. The van der Waals surface area contributed by atoms with Crippen LogP contribution in [0.25, 0.3) is 71.9 Å². The highest BCUT2D eigenvalue weighted by atomic mass is 15.0. The number of nitrogens with zero attached hydrogens (tertiary/aromatic N) is 2. The molecule has 192 valence electrons. The first-order chi connectivity index (χ1) is 20.3. The second-order valence-corrected chi connectivity index (χ2v) is 10.4. The molecule has 2 heteroatoms. The molecule has 41 heavy (non-hydrogen) atoms. The minimum Gasteiger partial charge on any atom is -0.309 e. The monoisotopic (exact) mass is 522 g/mol. The van der Waals surface area contributed by atoms with Gasteiger partial charge in [0.15, 0.2) is 0 Å². The molecule has 2 nitrogen and oxygen atoms in total. The van der Waals surface area contributed by atoms with Crippen molar-refractivity contribution in [2.45, 2.75) is 0 Å². The van der Waals surface area contributed by atoms with Gasteiger partial charge in [-0.15, -0.1) is 0 Å². The van der Waals surface area contributed by atoms with Gasteiger partial charge in [0.25, 0.3) is 0 Å². The summed E-state index contributed by atoms with van der Waals surface area (Å²) in [5.74, 6) is 0. The molecule has 2 aromatic heterocycles. The molecule has 8 aromatic rings. The predicted octanol–water partition coefficient (Wildman–Crippen LogP) is 10.3. The summed E-state index contributed by atoms with van der Waals surface area (Å²) in [6, 6.07) is 56.1. The van der Waals surface area contributed by atoms with Gasteiger partial charge in [-0.1, -0.05) is 115 Å². The molecule has 0 amide bonds. The molecule has 0 bridgehead atoms. The Kier molecular flexibility index (Phi) is 5.49. The topological polar surface area (TPSA) is 17.8 Å². The highest BCUT2D eigenvalue weighted by Gasteiger charge is 2.15. The molecule has 0 unspecified atom stereocenters. The Morgan fingerprint density at radius 1 is 0.390 bits per heavy atom. The zero-order chi connectivity index (χ0) is 27.2. The normalized spacial score (nSPS) is 11.4. The van der Waals surface area contributed by atoms with Crippen molar-refractivity contribution in [3.8, 4) is 39.2 Å². The summed E-state index contributed by atoms with van der Waals surface area (Å²) in [5.41, 5.74) is 11.5. The standard InChI is InChI=1S/C39H26N2/c1-3-11-27(12-4-1)28-19-21-29(22-20-28)34-26-37(40-36-17-9-7-15-32(34)36)30-23-24-39-35(25-30)33-16-8-10-18-38(33)41(39)31-13-5-2-6-14-31/h1-26H. The summed E-state index contributed by atoms with van der Waals surface area (Å²) in [5, 5.41) is 3.63. The number of hydrogen-bond donors (Lipinski definition) is 0. The summed E-state index contributed by atoms with van der Waals surface area (Å²) < 4.78 is 2.35. The zero-order valence-corrected chi connectivity index (χ0v) is 22.4. The predicted molar refractivity (Wildman–Crippen MR) is 172 cm³/mol. The molecular formula is C39H26N2. The molecule has 2 heterocycles. The van der Waals surface area contributed by atoms with E-state index in [2.05, 4.69) is 162 Å². The second kappa shape index (κ2) is 9.62. The van der Waals surface area contributed by atoms with Crippen LogP contribution < -0.4 is 0 Å². The van der Waals surface area contributed by atoms with Gasteiger partial charge in [-0.05, 0) is 64.7 Å². The van der Waals surface area contributed by atoms with E-state index in [1.807, 2.05) is 0 Å². The number of aromatic nitrogens is 2. The van der Waals surface area contributed by atoms with Crippen molar-refractivity contribution in [1.82, 2.24) is 9.55 Å². The molecule has 0 N–H and O–H groups in total. The fraction of sp³-hybridized carbons (Fsp3) is 0. The Balaban J connectivity index is 1.30. The number of benzene rings is 6. The van der Waals surface area contributed by atoms with Crippen LogP contribution in [0.5, 0.6) is 0 Å². The van der Waals surface area contributed by atoms with E-state index in [0.717, 1.165) is 27.8 Å². The van der Waals surface area contributed by atoms with E-state index in [9.17, 15) is 0 Å². The lowest BCUT2D eigenvalue weighted by atomic mass is 9.96. The molecule has 8 rings (SSSR count). The van der Waals surface area contributed by atoms with E-state index >= 15 is 0 Å². The SMILES string of the molecule is c1ccc(-c2ccc(-c3cc(-c4ccc5c(c4)c4ccccc4n5-c4ccccc4)nc4ccccc34)cc2)cc1. The Labute approximate surface area is 238 Å². The molecular weight excluding hydrogens is 496 g/mol. The van der Waals surface area contributed by atoms with Crippen LogP contribution in [0, 0.1) is 0 Å². The first kappa shape index (κ1) is 23.4. The lowest BCUT2D eigenvalue weighted by Crippen LogP contribution is -1.93. The van der Waals surface area contributed by atoms with Crippen LogP contribution in [0.4, 0.5) is 0 Å². The van der Waals surface area contributed by atoms with Gasteiger partial charge in [-0.2, -0.15) is 0 Å². The summed E-state index contributed by atoms with van der Waals surface area (Å²) >= 11 is 0. The lowest BCUT2D eigenvalue weighted by molar-refractivity contribution is 1.18. The minimum atomic E-state index is 0.976. The van der Waals surface area contributed by atoms with Crippen molar-refractivity contribution < 1.29 is 0 Å². The highest BCUT2D eigenvalue weighted by molar-refractivity contribution is 6.10. The maximum absolute atomic E-state index is 5.14. The summed E-state index contributed by atoms with van der Waals surface area (Å²) in [7, 11) is 0. The maximum atomic E-state index is 5.14. The van der Waals surface area contributed by atoms with E-state index in [1.165, 1.54) is 44.1 Å². The zero-order valence-electron chi connectivity index (χ0n) is 22.4. The van der Waals surface area contributed by atoms with E-state index in [-0.39, 0.29) is 0 Å². The second-order valence-electron chi connectivity index (χ2n) is 10.4. The smallest absolute Gasteiger partial charge is 0.0716 e. The minimum absolute atomic E-state index is 0.976. The number of hydrogen-bond acceptors (Lipinski definition) is 1. The highest BCUT2D eigenvalue weighted by Crippen LogP contribution is 2.37. The van der Waals surface area contributed by atoms with Gasteiger partial charge in [-0.25, -0.2) is 4.98 Å². The van der Waals surface area contributed by atoms with Gasteiger partial charge in [0, 0.05) is 27.4 Å². The molecule has 0 saturated heterocycles. The Morgan fingerprint density at radius 3 is 1.78 bits per heavy atom. The fourth-order valence-electron chi connectivity index (χ4n) is 6.02. The molecule has 0 spiro atoms. The summed E-state index contributed by atoms with van der Waals surface area (Å²) in [4.78, 5) is 5.14. The Bertz CT molecular complexity index is 2170. The lowest BCUT2D eigenvalue weighted by Gasteiger charge is -2.12. The van der Waals surface area contributed by atoms with Crippen molar-refractivity contribution in [2.24, 2.45) is 0 Å². The molecule has 0 atom stereocenters. The first-order valence-electron chi connectivity index (χ1n) is 14.0. The number of para-hydroxylation sites is 3. The molecule has 0 fully saturated rings. The molecule has 0 aliphatic rings. The Hall–Kier alpha value is -5.47. The Morgan fingerprint density at radius 2 is 0.976 bits per heavy atom. The quantitative estimate of drug-likeness (QED) is 0.225. The first-order valence-corrected chi connectivity index (χ1v) is 14.0. The molecule has 0 aliphatic carbocycles. The van der Waals surface area contributed by atoms with E-state index in [1.54, 1.807) is 0 Å². The number of fused-ring (bicyclic) bond motifs is 4. The average molecular weight is 523 g/mol. The average Bonchev–Trinajstić information content (AvgIpc) is 3.39.